The average molecular weight is 445 g/mol. The normalized spacial score (nSPS) is 16.0. The van der Waals surface area contributed by atoms with Crippen molar-refractivity contribution in [2.24, 2.45) is 5.10 Å². The fourth-order valence-electron chi connectivity index (χ4n) is 3.67. The third kappa shape index (κ3) is 4.11. The highest BCUT2D eigenvalue weighted by atomic mass is 32.2. The Hall–Kier alpha value is -3.03. The van der Waals surface area contributed by atoms with Gasteiger partial charge in [0.2, 0.25) is 0 Å². The van der Waals surface area contributed by atoms with E-state index in [1.165, 1.54) is 17.3 Å². The van der Waals surface area contributed by atoms with Gasteiger partial charge in [0.15, 0.2) is 0 Å². The molecule has 1 aliphatic heterocycles. The van der Waals surface area contributed by atoms with E-state index in [4.69, 9.17) is 5.10 Å². The number of hydrazone groups is 1. The van der Waals surface area contributed by atoms with E-state index in [1.54, 1.807) is 22.7 Å². The zero-order valence-electron chi connectivity index (χ0n) is 16.9. The van der Waals surface area contributed by atoms with Crippen LogP contribution in [0.25, 0.3) is 10.9 Å². The first-order valence-electron chi connectivity index (χ1n) is 10.0. The van der Waals surface area contributed by atoms with Crippen molar-refractivity contribution in [1.82, 2.24) is 15.0 Å². The lowest BCUT2D eigenvalue weighted by Gasteiger charge is -2.22. The minimum Gasteiger partial charge on any atom is -0.272 e. The number of hydrogen-bond acceptors (Lipinski definition) is 6. The number of carbonyl (C=O) groups is 1. The Balaban J connectivity index is 1.40. The van der Waals surface area contributed by atoms with Crippen molar-refractivity contribution < 1.29 is 4.79 Å². The molecule has 0 fully saturated rings. The molecule has 1 aliphatic rings. The van der Waals surface area contributed by atoms with Crippen LogP contribution >= 0.6 is 23.1 Å². The van der Waals surface area contributed by atoms with E-state index in [-0.39, 0.29) is 17.7 Å². The van der Waals surface area contributed by atoms with E-state index in [2.05, 4.69) is 47.2 Å². The Labute approximate surface area is 188 Å². The number of nitrogens with zero attached hydrogens (tertiary/aromatic N) is 4. The highest BCUT2D eigenvalue weighted by molar-refractivity contribution is 8.00. The van der Waals surface area contributed by atoms with Crippen LogP contribution < -0.4 is 0 Å². The minimum absolute atomic E-state index is 0.0233. The molecule has 1 atom stereocenters. The molecule has 2 aromatic heterocycles. The maximum atomic E-state index is 13.3. The fourth-order valence-corrected chi connectivity index (χ4v) is 5.23. The SMILES string of the molecule is Cc1ccc([C@H]2CC(c3cccs3)=NN2C(=O)CSc2ncnc3ccccc23)cc1. The number of thiophene rings is 1. The Bertz CT molecular complexity index is 1250. The van der Waals surface area contributed by atoms with Gasteiger partial charge in [-0.1, -0.05) is 65.9 Å². The maximum Gasteiger partial charge on any atom is 0.253 e. The number of aromatic nitrogens is 2. The number of para-hydroxylation sites is 1. The Kier molecular flexibility index (Phi) is 5.53. The summed E-state index contributed by atoms with van der Waals surface area (Å²) in [6, 6.07) is 20.2. The lowest BCUT2D eigenvalue weighted by Crippen LogP contribution is -2.28. The van der Waals surface area contributed by atoms with Gasteiger partial charge in [0.25, 0.3) is 5.91 Å². The van der Waals surface area contributed by atoms with Gasteiger partial charge in [0, 0.05) is 11.8 Å². The third-order valence-electron chi connectivity index (χ3n) is 5.27. The summed E-state index contributed by atoms with van der Waals surface area (Å²) in [5.41, 5.74) is 4.15. The largest absolute Gasteiger partial charge is 0.272 e. The highest BCUT2D eigenvalue weighted by Crippen LogP contribution is 2.35. The number of thioether (sulfide) groups is 1. The van der Waals surface area contributed by atoms with Crippen LogP contribution in [0.15, 0.2) is 82.5 Å². The molecule has 0 bridgehead atoms. The molecular formula is C24H20N4OS2. The topological polar surface area (TPSA) is 58.5 Å². The van der Waals surface area contributed by atoms with Crippen LogP contribution in [0.4, 0.5) is 0 Å². The summed E-state index contributed by atoms with van der Waals surface area (Å²) in [7, 11) is 0. The van der Waals surface area contributed by atoms with Crippen LogP contribution in [0, 0.1) is 6.92 Å². The van der Waals surface area contributed by atoms with Crippen molar-refractivity contribution in [3.63, 3.8) is 0 Å². The van der Waals surface area contributed by atoms with Crippen molar-refractivity contribution in [3.05, 3.63) is 88.4 Å². The van der Waals surface area contributed by atoms with Crippen molar-refractivity contribution in [2.45, 2.75) is 24.4 Å². The molecule has 7 heteroatoms. The number of benzene rings is 2. The molecule has 0 unspecified atom stereocenters. The molecule has 0 aliphatic carbocycles. The van der Waals surface area contributed by atoms with E-state index < -0.39 is 0 Å². The van der Waals surface area contributed by atoms with Gasteiger partial charge >= 0.3 is 0 Å². The first kappa shape index (κ1) is 19.9. The summed E-state index contributed by atoms with van der Waals surface area (Å²) >= 11 is 3.09. The van der Waals surface area contributed by atoms with Gasteiger partial charge < -0.3 is 0 Å². The van der Waals surface area contributed by atoms with Crippen LogP contribution in [0.5, 0.6) is 0 Å². The first-order valence-corrected chi connectivity index (χ1v) is 11.9. The minimum atomic E-state index is -0.0899. The summed E-state index contributed by atoms with van der Waals surface area (Å²) in [4.78, 5) is 23.1. The smallest absolute Gasteiger partial charge is 0.253 e. The molecule has 0 spiro atoms. The lowest BCUT2D eigenvalue weighted by molar-refractivity contribution is -0.130. The molecular weight excluding hydrogens is 424 g/mol. The van der Waals surface area contributed by atoms with Crippen molar-refractivity contribution in [1.29, 1.82) is 0 Å². The van der Waals surface area contributed by atoms with E-state index in [9.17, 15) is 4.79 Å². The van der Waals surface area contributed by atoms with Crippen LogP contribution in [0.1, 0.15) is 28.5 Å². The molecule has 2 aromatic carbocycles. The van der Waals surface area contributed by atoms with E-state index in [0.717, 1.165) is 38.5 Å². The molecule has 5 nitrogen and oxygen atoms in total. The van der Waals surface area contributed by atoms with Gasteiger partial charge in [0.1, 0.15) is 11.4 Å². The molecule has 4 aromatic rings. The summed E-state index contributed by atoms with van der Waals surface area (Å²) in [5, 5.41) is 10.2. The molecule has 0 saturated heterocycles. The van der Waals surface area contributed by atoms with Gasteiger partial charge in [-0.2, -0.15) is 5.10 Å². The molecule has 0 N–H and O–H groups in total. The zero-order valence-corrected chi connectivity index (χ0v) is 18.6. The Morgan fingerprint density at radius 3 is 2.74 bits per heavy atom. The molecule has 0 saturated carbocycles. The molecule has 0 radical (unpaired) electrons. The van der Waals surface area contributed by atoms with Gasteiger partial charge in [-0.15, -0.1) is 11.3 Å². The average Bonchev–Trinajstić information content (AvgIpc) is 3.48. The van der Waals surface area contributed by atoms with Crippen LogP contribution in [0.3, 0.4) is 0 Å². The summed E-state index contributed by atoms with van der Waals surface area (Å²) in [6.45, 7) is 2.07. The van der Waals surface area contributed by atoms with Gasteiger partial charge in [-0.05, 0) is 30.0 Å². The van der Waals surface area contributed by atoms with E-state index >= 15 is 0 Å². The van der Waals surface area contributed by atoms with Gasteiger partial charge in [0.05, 0.1) is 27.9 Å². The number of hydrogen-bond donors (Lipinski definition) is 0. The van der Waals surface area contributed by atoms with Crippen LogP contribution in [-0.2, 0) is 4.79 Å². The predicted molar refractivity (Wildman–Crippen MR) is 127 cm³/mol. The van der Waals surface area contributed by atoms with Crippen molar-refractivity contribution in [2.75, 3.05) is 5.75 Å². The van der Waals surface area contributed by atoms with Gasteiger partial charge in [-0.25, -0.2) is 15.0 Å². The number of carbonyl (C=O) groups excluding carboxylic acids is 1. The highest BCUT2D eigenvalue weighted by Gasteiger charge is 2.33. The summed E-state index contributed by atoms with van der Waals surface area (Å²) < 4.78 is 0. The monoisotopic (exact) mass is 444 g/mol. The van der Waals surface area contributed by atoms with E-state index in [0.29, 0.717) is 0 Å². The standard InChI is InChI=1S/C24H20N4OS2/c1-16-8-10-17(11-9-16)21-13-20(22-7-4-12-30-22)27-28(21)23(29)14-31-24-18-5-2-3-6-19(18)25-15-26-24/h2-12,15,21H,13-14H2,1H3/t21-/m1/s1. The lowest BCUT2D eigenvalue weighted by atomic mass is 10.00. The van der Waals surface area contributed by atoms with Crippen LogP contribution in [0.2, 0.25) is 0 Å². The first-order chi connectivity index (χ1) is 15.2. The molecule has 154 valence electrons. The quantitative estimate of drug-likeness (QED) is 0.303. The maximum absolute atomic E-state index is 13.3. The second-order valence-corrected chi connectivity index (χ2v) is 9.29. The third-order valence-corrected chi connectivity index (χ3v) is 7.18. The molecule has 1 amide bonds. The van der Waals surface area contributed by atoms with Crippen molar-refractivity contribution in [3.8, 4) is 0 Å². The molecule has 31 heavy (non-hydrogen) atoms. The Morgan fingerprint density at radius 2 is 1.94 bits per heavy atom. The number of rotatable bonds is 5. The van der Waals surface area contributed by atoms with Gasteiger partial charge in [-0.3, -0.25) is 4.79 Å². The summed E-state index contributed by atoms with van der Waals surface area (Å²) in [6.07, 6.45) is 2.27. The van der Waals surface area contributed by atoms with Crippen LogP contribution in [-0.4, -0.2) is 32.3 Å². The van der Waals surface area contributed by atoms with E-state index in [1.807, 2.05) is 35.7 Å². The number of amides is 1. The summed E-state index contributed by atoms with van der Waals surface area (Å²) in [5.74, 6) is 0.245. The number of fused-ring (bicyclic) bond motifs is 1. The fraction of sp³-hybridized carbons (Fsp3) is 0.167. The second kappa shape index (κ2) is 8.61. The predicted octanol–water partition coefficient (Wildman–Crippen LogP) is 5.47. The molecule has 3 heterocycles. The zero-order chi connectivity index (χ0) is 21.2. The van der Waals surface area contributed by atoms with Crippen molar-refractivity contribution >= 4 is 45.6 Å². The Morgan fingerprint density at radius 1 is 1.10 bits per heavy atom. The molecule has 5 rings (SSSR count). The second-order valence-electron chi connectivity index (χ2n) is 7.38. The number of aryl methyl sites for hydroxylation is 1.